The van der Waals surface area contributed by atoms with Crippen LogP contribution in [0.4, 0.5) is 0 Å². The molecule has 1 aliphatic carbocycles. The van der Waals surface area contributed by atoms with Crippen molar-refractivity contribution < 1.29 is 23.8 Å². The minimum atomic E-state index is -0.409. The van der Waals surface area contributed by atoms with E-state index in [4.69, 9.17) is 14.2 Å². The maximum Gasteiger partial charge on any atom is 0.267 e. The molecule has 2 aromatic rings. The molecule has 2 amide bonds. The van der Waals surface area contributed by atoms with Crippen LogP contribution in [0.2, 0.25) is 0 Å². The first-order chi connectivity index (χ1) is 15.6. The lowest BCUT2D eigenvalue weighted by molar-refractivity contribution is -0.117. The van der Waals surface area contributed by atoms with Crippen molar-refractivity contribution in [2.75, 3.05) is 27.4 Å². The Morgan fingerprint density at radius 1 is 1.12 bits per heavy atom. The van der Waals surface area contributed by atoms with E-state index in [0.717, 1.165) is 24.1 Å². The Labute approximate surface area is 192 Å². The van der Waals surface area contributed by atoms with Gasteiger partial charge in [-0.2, -0.15) is 0 Å². The third-order valence-electron chi connectivity index (χ3n) is 5.23. The SMILES string of the molecule is COc1ccc(C(=O)N/C(=C\c2cccs2)C(=O)NCCCOC2CCCC2)cc1OC. The van der Waals surface area contributed by atoms with E-state index in [0.29, 0.717) is 36.3 Å². The number of nitrogens with one attached hydrogen (secondary N) is 2. The zero-order valence-corrected chi connectivity index (χ0v) is 19.3. The summed E-state index contributed by atoms with van der Waals surface area (Å²) in [6, 6.07) is 8.63. The van der Waals surface area contributed by atoms with Crippen LogP contribution in [0.3, 0.4) is 0 Å². The van der Waals surface area contributed by atoms with Gasteiger partial charge in [0.25, 0.3) is 11.8 Å². The summed E-state index contributed by atoms with van der Waals surface area (Å²) in [6.45, 7) is 1.09. The molecule has 0 radical (unpaired) electrons. The van der Waals surface area contributed by atoms with Gasteiger partial charge in [0, 0.05) is 23.6 Å². The van der Waals surface area contributed by atoms with Crippen molar-refractivity contribution in [2.24, 2.45) is 0 Å². The molecule has 2 N–H and O–H groups in total. The predicted molar refractivity (Wildman–Crippen MR) is 125 cm³/mol. The second-order valence-electron chi connectivity index (χ2n) is 7.48. The van der Waals surface area contributed by atoms with E-state index in [1.54, 1.807) is 24.3 Å². The van der Waals surface area contributed by atoms with Crippen LogP contribution in [-0.4, -0.2) is 45.3 Å². The first kappa shape index (κ1) is 23.8. The fourth-order valence-electron chi connectivity index (χ4n) is 3.52. The standard InChI is InChI=1S/C24H30N2O5S/c1-29-21-11-10-17(15-22(21)30-2)23(27)26-20(16-19-9-5-14-32-19)24(28)25-12-6-13-31-18-7-3-4-8-18/h5,9-11,14-16,18H,3-4,6-8,12-13H2,1-2H3,(H,25,28)(H,26,27)/b20-16-. The quantitative estimate of drug-likeness (QED) is 0.393. The summed E-state index contributed by atoms with van der Waals surface area (Å²) in [5.74, 6) is 0.216. The number of methoxy groups -OCH3 is 2. The average Bonchev–Trinajstić information content (AvgIpc) is 3.52. The smallest absolute Gasteiger partial charge is 0.267 e. The molecule has 1 aromatic carbocycles. The van der Waals surface area contributed by atoms with E-state index in [2.05, 4.69) is 10.6 Å². The second-order valence-corrected chi connectivity index (χ2v) is 8.46. The molecule has 1 saturated carbocycles. The molecular weight excluding hydrogens is 428 g/mol. The highest BCUT2D eigenvalue weighted by molar-refractivity contribution is 7.10. The van der Waals surface area contributed by atoms with E-state index >= 15 is 0 Å². The number of hydrogen-bond donors (Lipinski definition) is 2. The normalized spacial score (nSPS) is 14.2. The maximum atomic E-state index is 12.8. The van der Waals surface area contributed by atoms with E-state index in [1.807, 2.05) is 17.5 Å². The van der Waals surface area contributed by atoms with E-state index < -0.39 is 5.91 Å². The zero-order valence-electron chi connectivity index (χ0n) is 18.5. The van der Waals surface area contributed by atoms with E-state index in [9.17, 15) is 9.59 Å². The highest BCUT2D eigenvalue weighted by atomic mass is 32.1. The molecule has 8 heteroatoms. The van der Waals surface area contributed by atoms with Gasteiger partial charge < -0.3 is 24.8 Å². The molecule has 0 aliphatic heterocycles. The van der Waals surface area contributed by atoms with Crippen molar-refractivity contribution in [3.63, 3.8) is 0 Å². The Morgan fingerprint density at radius 2 is 1.91 bits per heavy atom. The predicted octanol–water partition coefficient (Wildman–Crippen LogP) is 4.00. The van der Waals surface area contributed by atoms with Gasteiger partial charge in [0.1, 0.15) is 5.70 Å². The maximum absolute atomic E-state index is 12.8. The van der Waals surface area contributed by atoms with Gasteiger partial charge in [-0.3, -0.25) is 9.59 Å². The van der Waals surface area contributed by atoms with Crippen molar-refractivity contribution >= 4 is 29.2 Å². The monoisotopic (exact) mass is 458 g/mol. The molecule has 7 nitrogen and oxygen atoms in total. The minimum absolute atomic E-state index is 0.184. The Balaban J connectivity index is 1.61. The average molecular weight is 459 g/mol. The van der Waals surface area contributed by atoms with Crippen molar-refractivity contribution in [2.45, 2.75) is 38.2 Å². The first-order valence-corrected chi connectivity index (χ1v) is 11.7. The van der Waals surface area contributed by atoms with Gasteiger partial charge in [-0.15, -0.1) is 11.3 Å². The van der Waals surface area contributed by atoms with Gasteiger partial charge >= 0.3 is 0 Å². The molecule has 3 rings (SSSR count). The molecule has 1 aliphatic rings. The van der Waals surface area contributed by atoms with Crippen LogP contribution in [0.15, 0.2) is 41.4 Å². The number of thiophene rings is 1. The minimum Gasteiger partial charge on any atom is -0.493 e. The molecule has 172 valence electrons. The molecule has 0 bridgehead atoms. The fourth-order valence-corrected chi connectivity index (χ4v) is 4.18. The van der Waals surface area contributed by atoms with Crippen LogP contribution in [0.25, 0.3) is 6.08 Å². The zero-order chi connectivity index (χ0) is 22.8. The Bertz CT molecular complexity index is 920. The van der Waals surface area contributed by atoms with Gasteiger partial charge in [-0.05, 0) is 55.0 Å². The topological polar surface area (TPSA) is 85.9 Å². The van der Waals surface area contributed by atoms with E-state index in [1.165, 1.54) is 38.4 Å². The lowest BCUT2D eigenvalue weighted by Crippen LogP contribution is -2.35. The molecule has 1 aromatic heterocycles. The number of rotatable bonds is 11. The fraction of sp³-hybridized carbons (Fsp3) is 0.417. The third kappa shape index (κ3) is 6.83. The summed E-state index contributed by atoms with van der Waals surface area (Å²) < 4.78 is 16.3. The van der Waals surface area contributed by atoms with Crippen LogP contribution in [-0.2, 0) is 9.53 Å². The highest BCUT2D eigenvalue weighted by Crippen LogP contribution is 2.27. The second kappa shape index (κ2) is 12.3. The molecule has 1 fully saturated rings. The van der Waals surface area contributed by atoms with Gasteiger partial charge in [0.15, 0.2) is 11.5 Å². The van der Waals surface area contributed by atoms with Crippen molar-refractivity contribution in [1.29, 1.82) is 0 Å². The molecule has 0 unspecified atom stereocenters. The van der Waals surface area contributed by atoms with Gasteiger partial charge in [0.2, 0.25) is 0 Å². The largest absolute Gasteiger partial charge is 0.493 e. The molecular formula is C24H30N2O5S. The summed E-state index contributed by atoms with van der Waals surface area (Å²) in [7, 11) is 3.04. The molecule has 1 heterocycles. The molecule has 0 spiro atoms. The summed E-state index contributed by atoms with van der Waals surface area (Å²) in [4.78, 5) is 26.5. The molecule has 32 heavy (non-hydrogen) atoms. The Hall–Kier alpha value is -2.84. The summed E-state index contributed by atoms with van der Waals surface area (Å²) in [6.07, 6.45) is 7.48. The van der Waals surface area contributed by atoms with Crippen LogP contribution in [0.1, 0.15) is 47.3 Å². The lowest BCUT2D eigenvalue weighted by atomic mass is 10.1. The van der Waals surface area contributed by atoms with Gasteiger partial charge in [-0.1, -0.05) is 18.9 Å². The van der Waals surface area contributed by atoms with Crippen LogP contribution >= 0.6 is 11.3 Å². The highest BCUT2D eigenvalue weighted by Gasteiger charge is 2.17. The van der Waals surface area contributed by atoms with Crippen LogP contribution < -0.4 is 20.1 Å². The van der Waals surface area contributed by atoms with Crippen LogP contribution in [0, 0.1) is 0 Å². The van der Waals surface area contributed by atoms with E-state index in [-0.39, 0.29) is 11.6 Å². The molecule has 0 atom stereocenters. The van der Waals surface area contributed by atoms with Gasteiger partial charge in [-0.25, -0.2) is 0 Å². The third-order valence-corrected chi connectivity index (χ3v) is 6.05. The molecule has 0 saturated heterocycles. The number of carbonyl (C=O) groups is 2. The van der Waals surface area contributed by atoms with Crippen molar-refractivity contribution in [1.82, 2.24) is 10.6 Å². The number of amides is 2. The Kier molecular flexibility index (Phi) is 9.13. The number of hydrogen-bond acceptors (Lipinski definition) is 6. The number of benzene rings is 1. The summed E-state index contributed by atoms with van der Waals surface area (Å²) in [5, 5.41) is 7.53. The first-order valence-electron chi connectivity index (χ1n) is 10.8. The number of carbonyl (C=O) groups excluding carboxylic acids is 2. The van der Waals surface area contributed by atoms with Crippen LogP contribution in [0.5, 0.6) is 11.5 Å². The number of ether oxygens (including phenoxy) is 3. The van der Waals surface area contributed by atoms with Crippen molar-refractivity contribution in [3.05, 3.63) is 51.8 Å². The van der Waals surface area contributed by atoms with Gasteiger partial charge in [0.05, 0.1) is 20.3 Å². The lowest BCUT2D eigenvalue weighted by Gasteiger charge is -2.13. The Morgan fingerprint density at radius 3 is 2.59 bits per heavy atom. The summed E-state index contributed by atoms with van der Waals surface area (Å²) in [5.41, 5.74) is 0.543. The summed E-state index contributed by atoms with van der Waals surface area (Å²) >= 11 is 1.48. The van der Waals surface area contributed by atoms with Crippen molar-refractivity contribution in [3.8, 4) is 11.5 Å².